The molecule has 3 fully saturated rings. The first-order chi connectivity index (χ1) is 11.4. The first-order valence-electron chi connectivity index (χ1n) is 8.27. The minimum absolute atomic E-state index is 0. The van der Waals surface area contributed by atoms with Crippen LogP contribution in [0.15, 0.2) is 0 Å². The third kappa shape index (κ3) is 5.72. The van der Waals surface area contributed by atoms with Gasteiger partial charge < -0.3 is 4.74 Å². The smallest absolute Gasteiger partial charge is 0.439 e. The summed E-state index contributed by atoms with van der Waals surface area (Å²) < 4.78 is 5.40. The van der Waals surface area contributed by atoms with Gasteiger partial charge in [0.1, 0.15) is 6.04 Å². The molecule has 0 aromatic rings. The fourth-order valence-corrected chi connectivity index (χ4v) is 2.62. The van der Waals surface area contributed by atoms with Gasteiger partial charge in [0, 0.05) is 11.3 Å². The molecule has 4 nitrogen and oxygen atoms in total. The zero-order valence-corrected chi connectivity index (χ0v) is 16.2. The Balaban J connectivity index is 0.000000448. The van der Waals surface area contributed by atoms with Crippen LogP contribution < -0.4 is 0 Å². The van der Waals surface area contributed by atoms with Gasteiger partial charge in [0.2, 0.25) is 5.91 Å². The number of ether oxygens (including phenoxy) is 1. The number of rotatable bonds is 2. The zero-order chi connectivity index (χ0) is 17.7. The molecule has 0 aromatic carbocycles. The minimum Gasteiger partial charge on any atom is -0.439 e. The van der Waals surface area contributed by atoms with Crippen molar-refractivity contribution in [2.75, 3.05) is 0 Å². The van der Waals surface area contributed by atoms with Gasteiger partial charge in [0.25, 0.3) is 0 Å². The van der Waals surface area contributed by atoms with Crippen LogP contribution in [0, 0.1) is 69.1 Å². The fraction of sp³-hybridized carbons (Fsp3) is 0.400. The van der Waals surface area contributed by atoms with E-state index in [0.29, 0.717) is 6.42 Å². The van der Waals surface area contributed by atoms with Crippen molar-refractivity contribution in [1.82, 2.24) is 4.90 Å². The Morgan fingerprint density at radius 1 is 1.04 bits per heavy atom. The van der Waals surface area contributed by atoms with Crippen LogP contribution in [0.5, 0.6) is 0 Å². The van der Waals surface area contributed by atoms with Gasteiger partial charge >= 0.3 is 23.0 Å². The first-order valence-corrected chi connectivity index (χ1v) is 8.27. The Labute approximate surface area is 163 Å². The number of nitrogens with zero attached hydrogens (tertiary/aromatic N) is 1. The molecule has 2 saturated carbocycles. The fourth-order valence-electron chi connectivity index (χ4n) is 2.62. The zero-order valence-electron chi connectivity index (χ0n) is 15.1. The Kier molecular flexibility index (Phi) is 8.97. The van der Waals surface area contributed by atoms with Crippen molar-refractivity contribution in [3.8, 4) is 0 Å². The Hall–Kier alpha value is -0.541. The largest absolute Gasteiger partial charge is 2.00 e. The number of carbonyl (C=O) groups is 2. The Bertz CT molecular complexity index is 429. The van der Waals surface area contributed by atoms with Crippen molar-refractivity contribution in [1.29, 1.82) is 0 Å². The van der Waals surface area contributed by atoms with Crippen LogP contribution in [0.4, 0.5) is 0 Å². The van der Waals surface area contributed by atoms with Crippen molar-refractivity contribution in [3.63, 3.8) is 0 Å². The number of carbonyl (C=O) groups excluding carboxylic acids is 2. The van der Waals surface area contributed by atoms with Crippen molar-refractivity contribution in [2.24, 2.45) is 5.41 Å². The molecule has 1 heterocycles. The third-order valence-corrected chi connectivity index (χ3v) is 3.88. The average Bonchev–Trinajstić information content (AvgIpc) is 3.27. The standard InChI is InChI=1S/C15H20NO3.C5H5.Fe/c1-5-11-13(17)19-12(10-8-6-7-9-10)16(11)14(18)15(2,3)4;1-2-4-5-3-1;/h6-9,11-12H,5H2,1-4H3;1-5H;/q;;+2/t11-,12-;;/m0../s1. The second kappa shape index (κ2) is 9.97. The second-order valence-corrected chi connectivity index (χ2v) is 6.86. The summed E-state index contributed by atoms with van der Waals surface area (Å²) in [6, 6.07) is -0.480. The summed E-state index contributed by atoms with van der Waals surface area (Å²) in [6.07, 6.45) is 17.5. The van der Waals surface area contributed by atoms with Crippen molar-refractivity contribution < 1.29 is 31.4 Å². The van der Waals surface area contributed by atoms with Crippen LogP contribution >= 0.6 is 0 Å². The number of hydrogen-bond acceptors (Lipinski definition) is 3. The molecule has 25 heavy (non-hydrogen) atoms. The van der Waals surface area contributed by atoms with Crippen LogP contribution in [0.1, 0.15) is 34.1 Å². The second-order valence-electron chi connectivity index (χ2n) is 6.86. The summed E-state index contributed by atoms with van der Waals surface area (Å²) in [6.45, 7) is 7.45. The van der Waals surface area contributed by atoms with Crippen LogP contribution in [-0.2, 0) is 31.4 Å². The third-order valence-electron chi connectivity index (χ3n) is 3.88. The molecule has 0 unspecified atom stereocenters. The van der Waals surface area contributed by atoms with Crippen molar-refractivity contribution >= 4 is 11.9 Å². The first kappa shape index (κ1) is 22.5. The maximum absolute atomic E-state index is 12.6. The molecule has 5 heteroatoms. The normalized spacial score (nSPS) is 26.7. The van der Waals surface area contributed by atoms with E-state index in [2.05, 4.69) is 0 Å². The molecule has 0 N–H and O–H groups in total. The van der Waals surface area contributed by atoms with Gasteiger partial charge in [0.05, 0.1) is 0 Å². The molecule has 3 rings (SSSR count). The predicted molar refractivity (Wildman–Crippen MR) is 92.2 cm³/mol. The van der Waals surface area contributed by atoms with Gasteiger partial charge in [0.15, 0.2) is 6.23 Å². The molecule has 10 radical (unpaired) electrons. The van der Waals surface area contributed by atoms with E-state index in [4.69, 9.17) is 4.74 Å². The van der Waals surface area contributed by atoms with Gasteiger partial charge in [-0.15, -0.1) is 0 Å². The van der Waals surface area contributed by atoms with Crippen LogP contribution in [-0.4, -0.2) is 29.0 Å². The van der Waals surface area contributed by atoms with Gasteiger partial charge in [-0.25, -0.2) is 4.79 Å². The maximum Gasteiger partial charge on any atom is 2.00 e. The summed E-state index contributed by atoms with van der Waals surface area (Å²) >= 11 is 0. The Morgan fingerprint density at radius 2 is 1.52 bits per heavy atom. The van der Waals surface area contributed by atoms with Gasteiger partial charge in [-0.3, -0.25) is 9.69 Å². The predicted octanol–water partition coefficient (Wildman–Crippen LogP) is 2.95. The summed E-state index contributed by atoms with van der Waals surface area (Å²) in [4.78, 5) is 26.1. The number of amides is 1. The van der Waals surface area contributed by atoms with E-state index in [1.54, 1.807) is 4.90 Å². The number of hydrogen-bond donors (Lipinski definition) is 0. The Morgan fingerprint density at radius 3 is 1.92 bits per heavy atom. The van der Waals surface area contributed by atoms with E-state index in [1.807, 2.05) is 85.5 Å². The molecule has 2 aliphatic carbocycles. The monoisotopic (exact) mass is 383 g/mol. The average molecular weight is 383 g/mol. The summed E-state index contributed by atoms with van der Waals surface area (Å²) in [7, 11) is 0. The number of cyclic esters (lactones) is 1. The van der Waals surface area contributed by atoms with E-state index >= 15 is 0 Å². The molecule has 0 spiro atoms. The SMILES string of the molecule is CC[C@H]1C(=O)O[C@@H]([C]2[CH][CH][CH][CH]2)N1C(=O)C(C)(C)C.[CH]1[CH][CH][CH][CH]1.[Fe+2]. The maximum atomic E-state index is 12.6. The summed E-state index contributed by atoms with van der Waals surface area (Å²) in [5, 5.41) is 0. The molecule has 0 bridgehead atoms. The van der Waals surface area contributed by atoms with Crippen molar-refractivity contribution in [2.45, 2.75) is 46.4 Å². The molecule has 1 aliphatic heterocycles. The van der Waals surface area contributed by atoms with E-state index in [0.717, 1.165) is 5.92 Å². The summed E-state index contributed by atoms with van der Waals surface area (Å²) in [5.41, 5.74) is -0.535. The van der Waals surface area contributed by atoms with Crippen LogP contribution in [0.3, 0.4) is 0 Å². The molecule has 3 aliphatic rings. The molecular formula is C20H25FeNO3+2. The summed E-state index contributed by atoms with van der Waals surface area (Å²) in [5.74, 6) is 0.476. The van der Waals surface area contributed by atoms with E-state index < -0.39 is 17.7 Å². The van der Waals surface area contributed by atoms with Crippen LogP contribution in [0.25, 0.3) is 0 Å². The molecule has 0 aromatic heterocycles. The quantitative estimate of drug-likeness (QED) is 0.544. The van der Waals surface area contributed by atoms with E-state index in [1.165, 1.54) is 0 Å². The van der Waals surface area contributed by atoms with Gasteiger partial charge in [-0.05, 0) is 64.2 Å². The van der Waals surface area contributed by atoms with Crippen molar-refractivity contribution in [3.05, 3.63) is 63.7 Å². The minimum atomic E-state index is -0.584. The van der Waals surface area contributed by atoms with Gasteiger partial charge in [-0.2, -0.15) is 0 Å². The number of esters is 1. The van der Waals surface area contributed by atoms with Gasteiger partial charge in [-0.1, -0.05) is 27.7 Å². The van der Waals surface area contributed by atoms with E-state index in [9.17, 15) is 9.59 Å². The molecule has 1 amide bonds. The van der Waals surface area contributed by atoms with Crippen LogP contribution in [0.2, 0.25) is 0 Å². The topological polar surface area (TPSA) is 46.6 Å². The molecular weight excluding hydrogens is 358 g/mol. The molecule has 134 valence electrons. The molecule has 1 saturated heterocycles. The van der Waals surface area contributed by atoms with E-state index in [-0.39, 0.29) is 28.9 Å². The molecule has 2 atom stereocenters.